The maximum absolute atomic E-state index is 10.6. The number of rotatable bonds is 8. The first-order valence-corrected chi connectivity index (χ1v) is 6.39. The highest BCUT2D eigenvalue weighted by atomic mass is 16.5. The van der Waals surface area contributed by atoms with Crippen molar-refractivity contribution in [2.75, 3.05) is 26.2 Å². The lowest BCUT2D eigenvalue weighted by molar-refractivity contribution is -0.142. The summed E-state index contributed by atoms with van der Waals surface area (Å²) in [5, 5.41) is 8.72. The van der Waals surface area contributed by atoms with Crippen molar-refractivity contribution in [3.63, 3.8) is 0 Å². The molecule has 1 aliphatic rings. The lowest BCUT2D eigenvalue weighted by Crippen LogP contribution is -2.43. The van der Waals surface area contributed by atoms with Crippen LogP contribution in [-0.2, 0) is 9.53 Å². The van der Waals surface area contributed by atoms with Crippen LogP contribution in [0.3, 0.4) is 0 Å². The summed E-state index contributed by atoms with van der Waals surface area (Å²) in [5.74, 6) is -0.775. The van der Waals surface area contributed by atoms with E-state index in [1.165, 1.54) is 19.3 Å². The van der Waals surface area contributed by atoms with Gasteiger partial charge >= 0.3 is 5.97 Å². The third kappa shape index (κ3) is 6.44. The molecular weight excluding hydrogens is 218 g/mol. The van der Waals surface area contributed by atoms with Gasteiger partial charge in [-0.3, -0.25) is 9.69 Å². The van der Waals surface area contributed by atoms with Crippen LogP contribution in [0, 0.1) is 0 Å². The van der Waals surface area contributed by atoms with E-state index >= 15 is 0 Å². The molecule has 1 unspecified atom stereocenters. The molecule has 0 spiro atoms. The number of hydrogen-bond donors (Lipinski definition) is 1. The first-order valence-electron chi connectivity index (χ1n) is 6.39. The van der Waals surface area contributed by atoms with Crippen molar-refractivity contribution in [3.8, 4) is 0 Å². The molecule has 1 atom stereocenters. The Hall–Kier alpha value is -0.870. The molecule has 17 heavy (non-hydrogen) atoms. The first-order chi connectivity index (χ1) is 8.22. The van der Waals surface area contributed by atoms with E-state index in [1.807, 2.05) is 6.08 Å². The van der Waals surface area contributed by atoms with Crippen LogP contribution >= 0.6 is 0 Å². The molecule has 0 aromatic heterocycles. The highest BCUT2D eigenvalue weighted by molar-refractivity contribution is 5.67. The van der Waals surface area contributed by atoms with Crippen molar-refractivity contribution in [2.45, 2.75) is 38.2 Å². The molecule has 0 radical (unpaired) electrons. The lowest BCUT2D eigenvalue weighted by Gasteiger charge is -2.32. The Kier molecular flexibility index (Phi) is 6.89. The molecule has 98 valence electrons. The van der Waals surface area contributed by atoms with Crippen LogP contribution in [0.1, 0.15) is 32.1 Å². The zero-order valence-electron chi connectivity index (χ0n) is 10.4. The van der Waals surface area contributed by atoms with Crippen molar-refractivity contribution < 1.29 is 14.6 Å². The predicted octanol–water partition coefficient (Wildman–Crippen LogP) is 1.91. The van der Waals surface area contributed by atoms with Gasteiger partial charge in [0.05, 0.1) is 19.1 Å². The van der Waals surface area contributed by atoms with E-state index in [0.29, 0.717) is 6.61 Å². The minimum absolute atomic E-state index is 0.118. The van der Waals surface area contributed by atoms with Crippen LogP contribution in [0.25, 0.3) is 0 Å². The minimum Gasteiger partial charge on any atom is -0.481 e. The van der Waals surface area contributed by atoms with E-state index in [-0.39, 0.29) is 12.5 Å². The highest BCUT2D eigenvalue weighted by Gasteiger charge is 2.21. The number of carboxylic acids is 1. The van der Waals surface area contributed by atoms with Gasteiger partial charge in [-0.25, -0.2) is 0 Å². The first kappa shape index (κ1) is 14.2. The molecule has 0 saturated carbocycles. The molecule has 1 N–H and O–H groups in total. The van der Waals surface area contributed by atoms with E-state index in [0.717, 1.165) is 26.1 Å². The van der Waals surface area contributed by atoms with Gasteiger partial charge in [-0.15, -0.1) is 6.58 Å². The molecule has 0 amide bonds. The quantitative estimate of drug-likeness (QED) is 0.521. The Bertz CT molecular complexity index is 243. The molecule has 0 aliphatic carbocycles. The Morgan fingerprint density at radius 2 is 2.29 bits per heavy atom. The molecule has 4 heteroatoms. The average molecular weight is 241 g/mol. The number of morpholine rings is 1. The summed E-state index contributed by atoms with van der Waals surface area (Å²) in [6.45, 7) is 7.10. The molecule has 1 saturated heterocycles. The van der Waals surface area contributed by atoms with E-state index in [2.05, 4.69) is 11.5 Å². The zero-order chi connectivity index (χ0) is 12.5. The van der Waals surface area contributed by atoms with Crippen molar-refractivity contribution in [1.29, 1.82) is 0 Å². The topological polar surface area (TPSA) is 49.8 Å². The molecule has 1 fully saturated rings. The molecule has 0 aromatic rings. The fraction of sp³-hybridized carbons (Fsp3) is 0.769. The zero-order valence-corrected chi connectivity index (χ0v) is 10.4. The number of carbonyl (C=O) groups is 1. The van der Waals surface area contributed by atoms with Gasteiger partial charge in [0.15, 0.2) is 0 Å². The molecule has 4 nitrogen and oxygen atoms in total. The number of unbranched alkanes of at least 4 members (excludes halogenated alkanes) is 3. The second-order valence-electron chi connectivity index (χ2n) is 4.53. The molecular formula is C13H23NO3. The molecule has 1 rings (SSSR count). The van der Waals surface area contributed by atoms with Gasteiger partial charge in [-0.1, -0.05) is 12.5 Å². The second-order valence-corrected chi connectivity index (χ2v) is 4.53. The van der Waals surface area contributed by atoms with Gasteiger partial charge in [0.2, 0.25) is 0 Å². The van der Waals surface area contributed by atoms with Gasteiger partial charge in [-0.2, -0.15) is 0 Å². The minimum atomic E-state index is -0.775. The smallest absolute Gasteiger partial charge is 0.306 e. The van der Waals surface area contributed by atoms with Crippen LogP contribution < -0.4 is 0 Å². The van der Waals surface area contributed by atoms with E-state index in [9.17, 15) is 4.79 Å². The van der Waals surface area contributed by atoms with Gasteiger partial charge in [-0.05, 0) is 25.8 Å². The van der Waals surface area contributed by atoms with E-state index in [1.54, 1.807) is 0 Å². The lowest BCUT2D eigenvalue weighted by atomic mass is 10.1. The number of aliphatic carboxylic acids is 1. The molecule has 0 bridgehead atoms. The third-order valence-electron chi connectivity index (χ3n) is 3.01. The highest BCUT2D eigenvalue weighted by Crippen LogP contribution is 2.10. The maximum atomic E-state index is 10.6. The normalized spacial score (nSPS) is 21.3. The van der Waals surface area contributed by atoms with Crippen LogP contribution in [0.2, 0.25) is 0 Å². The number of ether oxygens (including phenoxy) is 1. The fourth-order valence-electron chi connectivity index (χ4n) is 2.10. The third-order valence-corrected chi connectivity index (χ3v) is 3.01. The molecule has 0 aromatic carbocycles. The SMILES string of the molecule is C=CCCCCCN1CCOC(CC(=O)O)C1. The molecule has 1 aliphatic heterocycles. The number of carboxylic acid groups (broad SMARTS) is 1. The number of hydrogen-bond acceptors (Lipinski definition) is 3. The largest absolute Gasteiger partial charge is 0.481 e. The van der Waals surface area contributed by atoms with Crippen LogP contribution in [0.4, 0.5) is 0 Å². The van der Waals surface area contributed by atoms with Crippen molar-refractivity contribution in [2.24, 2.45) is 0 Å². The van der Waals surface area contributed by atoms with Crippen molar-refractivity contribution >= 4 is 5.97 Å². The Labute approximate surface area is 103 Å². The van der Waals surface area contributed by atoms with Crippen LogP contribution in [0.15, 0.2) is 12.7 Å². The van der Waals surface area contributed by atoms with Gasteiger partial charge in [0, 0.05) is 13.1 Å². The van der Waals surface area contributed by atoms with Gasteiger partial charge < -0.3 is 9.84 Å². The van der Waals surface area contributed by atoms with E-state index < -0.39 is 5.97 Å². The summed E-state index contributed by atoms with van der Waals surface area (Å²) >= 11 is 0. The summed E-state index contributed by atoms with van der Waals surface area (Å²) in [7, 11) is 0. The maximum Gasteiger partial charge on any atom is 0.306 e. The van der Waals surface area contributed by atoms with Gasteiger partial charge in [0.1, 0.15) is 0 Å². The number of allylic oxidation sites excluding steroid dienone is 1. The Balaban J connectivity index is 2.11. The summed E-state index contributed by atoms with van der Waals surface area (Å²) in [6, 6.07) is 0. The summed E-state index contributed by atoms with van der Waals surface area (Å²) < 4.78 is 5.43. The van der Waals surface area contributed by atoms with Crippen molar-refractivity contribution in [1.82, 2.24) is 4.90 Å². The monoisotopic (exact) mass is 241 g/mol. The van der Waals surface area contributed by atoms with Crippen molar-refractivity contribution in [3.05, 3.63) is 12.7 Å². The molecule has 1 heterocycles. The number of nitrogens with zero attached hydrogens (tertiary/aromatic N) is 1. The average Bonchev–Trinajstić information content (AvgIpc) is 2.28. The van der Waals surface area contributed by atoms with Crippen LogP contribution in [-0.4, -0.2) is 48.3 Å². The second kappa shape index (κ2) is 8.25. The Morgan fingerprint density at radius 1 is 1.47 bits per heavy atom. The van der Waals surface area contributed by atoms with Crippen LogP contribution in [0.5, 0.6) is 0 Å². The summed E-state index contributed by atoms with van der Waals surface area (Å²) in [5.41, 5.74) is 0. The van der Waals surface area contributed by atoms with Gasteiger partial charge in [0.25, 0.3) is 0 Å². The predicted molar refractivity (Wildman–Crippen MR) is 67.1 cm³/mol. The summed E-state index contributed by atoms with van der Waals surface area (Å²) in [4.78, 5) is 12.9. The fourth-order valence-corrected chi connectivity index (χ4v) is 2.10. The standard InChI is InChI=1S/C13H23NO3/c1-2-3-4-5-6-7-14-8-9-17-12(11-14)10-13(15)16/h2,12H,1,3-11H2,(H,15,16). The Morgan fingerprint density at radius 3 is 3.00 bits per heavy atom. The van der Waals surface area contributed by atoms with E-state index in [4.69, 9.17) is 9.84 Å². The summed E-state index contributed by atoms with van der Waals surface area (Å²) in [6.07, 6.45) is 6.62.